The summed E-state index contributed by atoms with van der Waals surface area (Å²) in [7, 11) is 0. The van der Waals surface area contributed by atoms with E-state index < -0.39 is 0 Å². The van der Waals surface area contributed by atoms with E-state index in [-0.39, 0.29) is 5.82 Å². The molecule has 0 radical (unpaired) electrons. The SMILES string of the molecule is C[C@H](CC1CCC(c2ccnc3ccc(F)cc23)CC1)Nc1nc2ncccc2s1. The molecule has 3 heterocycles. The molecule has 1 fully saturated rings. The minimum atomic E-state index is -0.185. The van der Waals surface area contributed by atoms with Crippen LogP contribution in [0.25, 0.3) is 21.3 Å². The van der Waals surface area contributed by atoms with Crippen LogP contribution in [-0.4, -0.2) is 21.0 Å². The Balaban J connectivity index is 1.20. The van der Waals surface area contributed by atoms with Crippen molar-refractivity contribution in [1.29, 1.82) is 0 Å². The van der Waals surface area contributed by atoms with E-state index in [9.17, 15) is 4.39 Å². The smallest absolute Gasteiger partial charge is 0.185 e. The van der Waals surface area contributed by atoms with E-state index >= 15 is 0 Å². The van der Waals surface area contributed by atoms with Gasteiger partial charge in [-0.2, -0.15) is 0 Å². The summed E-state index contributed by atoms with van der Waals surface area (Å²) in [5.74, 6) is 1.02. The summed E-state index contributed by atoms with van der Waals surface area (Å²) < 4.78 is 14.9. The van der Waals surface area contributed by atoms with Crippen molar-refractivity contribution in [2.75, 3.05) is 5.32 Å². The Morgan fingerprint density at radius 2 is 1.97 bits per heavy atom. The molecule has 30 heavy (non-hydrogen) atoms. The first-order chi connectivity index (χ1) is 14.7. The van der Waals surface area contributed by atoms with Gasteiger partial charge in [0, 0.05) is 23.8 Å². The van der Waals surface area contributed by atoms with Crippen LogP contribution >= 0.6 is 11.3 Å². The van der Waals surface area contributed by atoms with Crippen LogP contribution in [0.4, 0.5) is 9.52 Å². The van der Waals surface area contributed by atoms with Crippen molar-refractivity contribution >= 4 is 37.7 Å². The molecule has 6 heteroatoms. The predicted octanol–water partition coefficient (Wildman–Crippen LogP) is 6.54. The number of aromatic nitrogens is 3. The van der Waals surface area contributed by atoms with Crippen molar-refractivity contribution in [1.82, 2.24) is 15.0 Å². The predicted molar refractivity (Wildman–Crippen MR) is 122 cm³/mol. The summed E-state index contributed by atoms with van der Waals surface area (Å²) in [6.45, 7) is 2.24. The number of fused-ring (bicyclic) bond motifs is 2. The van der Waals surface area contributed by atoms with Crippen molar-refractivity contribution in [3.8, 4) is 0 Å². The summed E-state index contributed by atoms with van der Waals surface area (Å²) in [6, 6.07) is 11.4. The van der Waals surface area contributed by atoms with E-state index in [1.54, 1.807) is 29.7 Å². The minimum Gasteiger partial charge on any atom is -0.359 e. The second-order valence-electron chi connectivity index (χ2n) is 8.40. The largest absolute Gasteiger partial charge is 0.359 e. The molecule has 5 rings (SSSR count). The molecule has 1 saturated carbocycles. The lowest BCUT2D eigenvalue weighted by Gasteiger charge is -2.31. The zero-order chi connectivity index (χ0) is 20.5. The topological polar surface area (TPSA) is 50.7 Å². The number of pyridine rings is 2. The Hall–Kier alpha value is -2.60. The number of nitrogens with one attached hydrogen (secondary N) is 1. The first-order valence-corrected chi connectivity index (χ1v) is 11.5. The molecular weight excluding hydrogens is 395 g/mol. The molecule has 1 atom stereocenters. The molecule has 4 nitrogen and oxygen atoms in total. The summed E-state index contributed by atoms with van der Waals surface area (Å²) in [4.78, 5) is 13.3. The maximum Gasteiger partial charge on any atom is 0.185 e. The highest BCUT2D eigenvalue weighted by molar-refractivity contribution is 7.22. The van der Waals surface area contributed by atoms with E-state index in [1.165, 1.54) is 24.5 Å². The van der Waals surface area contributed by atoms with E-state index in [0.717, 1.165) is 45.6 Å². The van der Waals surface area contributed by atoms with E-state index in [1.807, 2.05) is 12.3 Å². The fourth-order valence-corrected chi connectivity index (χ4v) is 5.74. The van der Waals surface area contributed by atoms with Crippen molar-refractivity contribution in [2.45, 2.75) is 51.0 Å². The normalized spacial score (nSPS) is 20.5. The van der Waals surface area contributed by atoms with Gasteiger partial charge in [-0.15, -0.1) is 0 Å². The van der Waals surface area contributed by atoms with Crippen LogP contribution in [0.1, 0.15) is 50.5 Å². The molecule has 1 aliphatic carbocycles. The summed E-state index contributed by atoms with van der Waals surface area (Å²) >= 11 is 1.67. The van der Waals surface area contributed by atoms with Gasteiger partial charge in [-0.3, -0.25) is 4.98 Å². The van der Waals surface area contributed by atoms with Gasteiger partial charge in [0.2, 0.25) is 0 Å². The third-order valence-electron chi connectivity index (χ3n) is 6.25. The third kappa shape index (κ3) is 4.01. The van der Waals surface area contributed by atoms with E-state index in [0.29, 0.717) is 17.9 Å². The maximum atomic E-state index is 13.8. The molecule has 0 bridgehead atoms. The van der Waals surface area contributed by atoms with Crippen molar-refractivity contribution in [3.05, 3.63) is 60.2 Å². The number of hydrogen-bond acceptors (Lipinski definition) is 5. The molecule has 4 aromatic rings. The van der Waals surface area contributed by atoms with E-state index in [4.69, 9.17) is 0 Å². The second kappa shape index (κ2) is 8.26. The number of halogens is 1. The molecule has 1 N–H and O–H groups in total. The number of anilines is 1. The van der Waals surface area contributed by atoms with Crippen LogP contribution in [0.2, 0.25) is 0 Å². The second-order valence-corrected chi connectivity index (χ2v) is 9.44. The van der Waals surface area contributed by atoms with Gasteiger partial charge in [0.05, 0.1) is 10.2 Å². The summed E-state index contributed by atoms with van der Waals surface area (Å²) in [6.07, 6.45) is 9.50. The molecule has 0 aliphatic heterocycles. The molecular formula is C24H25FN4S. The van der Waals surface area contributed by atoms with Crippen LogP contribution in [0, 0.1) is 11.7 Å². The van der Waals surface area contributed by atoms with Gasteiger partial charge in [-0.05, 0) is 92.8 Å². The van der Waals surface area contributed by atoms with Gasteiger partial charge in [-0.25, -0.2) is 14.4 Å². The highest BCUT2D eigenvalue weighted by Gasteiger charge is 2.25. The molecule has 154 valence electrons. The average molecular weight is 421 g/mol. The molecule has 0 unspecified atom stereocenters. The first-order valence-electron chi connectivity index (χ1n) is 10.7. The number of thiazole rings is 1. The fourth-order valence-electron chi connectivity index (χ4n) is 4.81. The number of nitrogens with zero attached hydrogens (tertiary/aromatic N) is 3. The van der Waals surface area contributed by atoms with Gasteiger partial charge in [0.15, 0.2) is 10.8 Å². The molecule has 0 spiro atoms. The van der Waals surface area contributed by atoms with Crippen LogP contribution < -0.4 is 5.32 Å². The monoisotopic (exact) mass is 420 g/mol. The number of rotatable bonds is 5. The summed E-state index contributed by atoms with van der Waals surface area (Å²) in [5.41, 5.74) is 2.96. The standard InChI is InChI=1S/C24H25FN4S/c1-15(28-24-29-23-22(30-24)3-2-11-27-23)13-16-4-6-17(7-5-16)19-10-12-26-21-9-8-18(25)14-20(19)21/h2-3,8-12,14-17H,4-7,13H2,1H3,(H,27,28,29)/t15-,16?,17?/m1/s1. The molecule has 0 saturated heterocycles. The van der Waals surface area contributed by atoms with Crippen LogP contribution in [-0.2, 0) is 0 Å². The minimum absolute atomic E-state index is 0.185. The van der Waals surface area contributed by atoms with Gasteiger partial charge in [0.1, 0.15) is 5.82 Å². The number of hydrogen-bond donors (Lipinski definition) is 1. The van der Waals surface area contributed by atoms with Crippen LogP contribution in [0.15, 0.2) is 48.8 Å². The molecule has 0 amide bonds. The molecule has 1 aliphatic rings. The lowest BCUT2D eigenvalue weighted by atomic mass is 9.76. The van der Waals surface area contributed by atoms with Gasteiger partial charge in [-0.1, -0.05) is 11.3 Å². The zero-order valence-electron chi connectivity index (χ0n) is 17.0. The highest BCUT2D eigenvalue weighted by atomic mass is 32.1. The Bertz CT molecular complexity index is 1130. The van der Waals surface area contributed by atoms with Gasteiger partial charge >= 0.3 is 0 Å². The first kappa shape index (κ1) is 19.4. The Kier molecular flexibility index (Phi) is 5.34. The van der Waals surface area contributed by atoms with Gasteiger partial charge < -0.3 is 5.32 Å². The van der Waals surface area contributed by atoms with Crippen molar-refractivity contribution in [3.63, 3.8) is 0 Å². The third-order valence-corrected chi connectivity index (χ3v) is 7.19. The van der Waals surface area contributed by atoms with Gasteiger partial charge in [0.25, 0.3) is 0 Å². The Morgan fingerprint density at radius 1 is 1.10 bits per heavy atom. The Morgan fingerprint density at radius 3 is 2.80 bits per heavy atom. The van der Waals surface area contributed by atoms with Crippen molar-refractivity contribution < 1.29 is 4.39 Å². The Labute approximate surface area is 179 Å². The maximum absolute atomic E-state index is 13.8. The summed E-state index contributed by atoms with van der Waals surface area (Å²) in [5, 5.41) is 5.50. The average Bonchev–Trinajstić information content (AvgIpc) is 3.16. The lowest BCUT2D eigenvalue weighted by Crippen LogP contribution is -2.22. The lowest BCUT2D eigenvalue weighted by molar-refractivity contribution is 0.302. The highest BCUT2D eigenvalue weighted by Crippen LogP contribution is 2.40. The van der Waals surface area contributed by atoms with Crippen LogP contribution in [0.3, 0.4) is 0 Å². The zero-order valence-corrected chi connectivity index (χ0v) is 17.8. The molecule has 1 aromatic carbocycles. The quantitative estimate of drug-likeness (QED) is 0.398. The van der Waals surface area contributed by atoms with E-state index in [2.05, 4.69) is 39.3 Å². The van der Waals surface area contributed by atoms with Crippen LogP contribution in [0.5, 0.6) is 0 Å². The number of benzene rings is 1. The molecule has 3 aromatic heterocycles. The fraction of sp³-hybridized carbons (Fsp3) is 0.375. The van der Waals surface area contributed by atoms with Crippen molar-refractivity contribution in [2.24, 2.45) is 5.92 Å².